The molecule has 0 aromatic heterocycles. The first-order valence-corrected chi connectivity index (χ1v) is 7.34. The molecule has 0 aliphatic heterocycles. The number of carboxylic acids is 1. The average Bonchev–Trinajstić information content (AvgIpc) is 2.44. The van der Waals surface area contributed by atoms with E-state index < -0.39 is 5.97 Å². The second-order valence-corrected chi connectivity index (χ2v) is 5.40. The lowest BCUT2D eigenvalue weighted by Gasteiger charge is -2.33. The normalized spacial score (nSPS) is 14.7. The zero-order valence-corrected chi connectivity index (χ0v) is 12.2. The largest absolute Gasteiger partial charge is 0.478 e. The molecular weight excluding hydrogens is 264 g/mol. The summed E-state index contributed by atoms with van der Waals surface area (Å²) < 4.78 is 0. The lowest BCUT2D eigenvalue weighted by molar-refractivity contribution is -0.131. The van der Waals surface area contributed by atoms with Gasteiger partial charge >= 0.3 is 5.97 Å². The summed E-state index contributed by atoms with van der Waals surface area (Å²) in [6, 6.07) is 7.75. The standard InChI is InChI=1S/C17H20N2O2/c1-2-19(12-14-4-3-5-14)16-8-6-13(7-9-17(20)21)10-15(16)11-18/h6-10,14H,2-5,12H2,1H3,(H,20,21)/b9-7+. The molecule has 0 amide bonds. The minimum atomic E-state index is -0.988. The van der Waals surface area contributed by atoms with Crippen molar-refractivity contribution in [1.82, 2.24) is 0 Å². The highest BCUT2D eigenvalue weighted by Gasteiger charge is 2.21. The molecule has 1 fully saturated rings. The number of aliphatic carboxylic acids is 1. The number of hydrogen-bond acceptors (Lipinski definition) is 3. The maximum atomic E-state index is 10.5. The van der Waals surface area contributed by atoms with Gasteiger partial charge in [0.1, 0.15) is 6.07 Å². The molecule has 1 aromatic carbocycles. The van der Waals surface area contributed by atoms with Crippen molar-refractivity contribution in [1.29, 1.82) is 5.26 Å². The van der Waals surface area contributed by atoms with Crippen LogP contribution in [-0.4, -0.2) is 24.2 Å². The highest BCUT2D eigenvalue weighted by Crippen LogP contribution is 2.30. The van der Waals surface area contributed by atoms with Crippen molar-refractivity contribution in [2.75, 3.05) is 18.0 Å². The minimum absolute atomic E-state index is 0.601. The third-order valence-electron chi connectivity index (χ3n) is 3.99. The van der Waals surface area contributed by atoms with E-state index in [1.54, 1.807) is 6.07 Å². The van der Waals surface area contributed by atoms with Gasteiger partial charge < -0.3 is 10.0 Å². The molecule has 0 unspecified atom stereocenters. The zero-order chi connectivity index (χ0) is 15.2. The van der Waals surface area contributed by atoms with Crippen LogP contribution in [0.4, 0.5) is 5.69 Å². The Morgan fingerprint density at radius 2 is 2.29 bits per heavy atom. The molecule has 21 heavy (non-hydrogen) atoms. The predicted octanol–water partition coefficient (Wildman–Crippen LogP) is 3.28. The fraction of sp³-hybridized carbons (Fsp3) is 0.412. The van der Waals surface area contributed by atoms with Crippen molar-refractivity contribution < 1.29 is 9.90 Å². The first-order valence-electron chi connectivity index (χ1n) is 7.34. The molecule has 110 valence electrons. The van der Waals surface area contributed by atoms with Crippen molar-refractivity contribution in [2.45, 2.75) is 26.2 Å². The van der Waals surface area contributed by atoms with Gasteiger partial charge in [0.25, 0.3) is 0 Å². The highest BCUT2D eigenvalue weighted by molar-refractivity contribution is 5.85. The second kappa shape index (κ2) is 6.94. The Bertz CT molecular complexity index is 583. The maximum Gasteiger partial charge on any atom is 0.328 e. The molecule has 0 radical (unpaired) electrons. The molecule has 1 saturated carbocycles. The summed E-state index contributed by atoms with van der Waals surface area (Å²) in [5.74, 6) is -0.249. The third kappa shape index (κ3) is 3.85. The van der Waals surface area contributed by atoms with Gasteiger partial charge in [0.15, 0.2) is 0 Å². The molecular formula is C17H20N2O2. The summed E-state index contributed by atoms with van der Waals surface area (Å²) in [6.45, 7) is 3.96. The third-order valence-corrected chi connectivity index (χ3v) is 3.99. The number of benzene rings is 1. The van der Waals surface area contributed by atoms with Gasteiger partial charge in [-0.05, 0) is 49.5 Å². The van der Waals surface area contributed by atoms with Gasteiger partial charge in [0, 0.05) is 19.2 Å². The topological polar surface area (TPSA) is 64.3 Å². The summed E-state index contributed by atoms with van der Waals surface area (Å²) in [5.41, 5.74) is 2.28. The molecule has 0 atom stereocenters. The van der Waals surface area contributed by atoms with E-state index >= 15 is 0 Å². The van der Waals surface area contributed by atoms with Crippen LogP contribution in [0, 0.1) is 17.2 Å². The number of nitriles is 1. The average molecular weight is 284 g/mol. The summed E-state index contributed by atoms with van der Waals surface area (Å²) in [6.07, 6.45) is 6.46. The van der Waals surface area contributed by atoms with Gasteiger partial charge in [-0.1, -0.05) is 12.5 Å². The van der Waals surface area contributed by atoms with Crippen LogP contribution in [0.3, 0.4) is 0 Å². The SMILES string of the molecule is CCN(CC1CCC1)c1ccc(/C=C/C(=O)O)cc1C#N. The summed E-state index contributed by atoms with van der Waals surface area (Å²) in [7, 11) is 0. The zero-order valence-electron chi connectivity index (χ0n) is 12.2. The molecule has 1 aliphatic carbocycles. The molecule has 0 saturated heterocycles. The number of carboxylic acid groups (broad SMARTS) is 1. The van der Waals surface area contributed by atoms with Crippen LogP contribution < -0.4 is 4.90 Å². The van der Waals surface area contributed by atoms with Gasteiger partial charge in [-0.2, -0.15) is 5.26 Å². The first-order chi connectivity index (χ1) is 10.1. The summed E-state index contributed by atoms with van der Waals surface area (Å²) in [4.78, 5) is 12.8. The Morgan fingerprint density at radius 1 is 1.52 bits per heavy atom. The molecule has 1 N–H and O–H groups in total. The Labute approximate surface area is 125 Å². The van der Waals surface area contributed by atoms with E-state index in [-0.39, 0.29) is 0 Å². The van der Waals surface area contributed by atoms with E-state index in [2.05, 4.69) is 17.9 Å². The highest BCUT2D eigenvalue weighted by atomic mass is 16.4. The summed E-state index contributed by atoms with van der Waals surface area (Å²) >= 11 is 0. The van der Waals surface area contributed by atoms with E-state index in [9.17, 15) is 10.1 Å². The lowest BCUT2D eigenvalue weighted by Crippen LogP contribution is -2.32. The lowest BCUT2D eigenvalue weighted by atomic mass is 9.85. The second-order valence-electron chi connectivity index (χ2n) is 5.40. The molecule has 0 spiro atoms. The maximum absolute atomic E-state index is 10.5. The van der Waals surface area contributed by atoms with Crippen molar-refractivity contribution in [2.24, 2.45) is 5.92 Å². The Hall–Kier alpha value is -2.28. The number of anilines is 1. The predicted molar refractivity (Wildman–Crippen MR) is 83.1 cm³/mol. The summed E-state index contributed by atoms with van der Waals surface area (Å²) in [5, 5.41) is 18.0. The van der Waals surface area contributed by atoms with E-state index in [1.807, 2.05) is 12.1 Å². The molecule has 1 aromatic rings. The van der Waals surface area contributed by atoms with Gasteiger partial charge in [0.05, 0.1) is 11.3 Å². The quantitative estimate of drug-likeness (QED) is 0.814. The number of rotatable bonds is 6. The molecule has 4 nitrogen and oxygen atoms in total. The van der Waals surface area contributed by atoms with Crippen LogP contribution in [0.2, 0.25) is 0 Å². The van der Waals surface area contributed by atoms with Crippen LogP contribution in [0.5, 0.6) is 0 Å². The molecule has 1 aliphatic rings. The van der Waals surface area contributed by atoms with E-state index in [4.69, 9.17) is 5.11 Å². The van der Waals surface area contributed by atoms with Crippen molar-refractivity contribution in [3.05, 3.63) is 35.4 Å². The fourth-order valence-electron chi connectivity index (χ4n) is 2.57. The van der Waals surface area contributed by atoms with Crippen molar-refractivity contribution >= 4 is 17.7 Å². The first kappa shape index (κ1) is 15.1. The van der Waals surface area contributed by atoms with E-state index in [1.165, 1.54) is 25.3 Å². The van der Waals surface area contributed by atoms with Crippen LogP contribution in [-0.2, 0) is 4.79 Å². The van der Waals surface area contributed by atoms with E-state index in [0.29, 0.717) is 5.56 Å². The van der Waals surface area contributed by atoms with Gasteiger partial charge in [-0.25, -0.2) is 4.79 Å². The van der Waals surface area contributed by atoms with Crippen LogP contribution in [0.25, 0.3) is 6.08 Å². The van der Waals surface area contributed by atoms with E-state index in [0.717, 1.165) is 36.3 Å². The van der Waals surface area contributed by atoms with Crippen LogP contribution >= 0.6 is 0 Å². The molecule has 0 heterocycles. The number of carbonyl (C=O) groups is 1. The van der Waals surface area contributed by atoms with Crippen LogP contribution in [0.15, 0.2) is 24.3 Å². The van der Waals surface area contributed by atoms with Crippen molar-refractivity contribution in [3.63, 3.8) is 0 Å². The molecule has 4 heteroatoms. The number of nitrogens with zero attached hydrogens (tertiary/aromatic N) is 2. The fourth-order valence-corrected chi connectivity index (χ4v) is 2.57. The smallest absolute Gasteiger partial charge is 0.328 e. The minimum Gasteiger partial charge on any atom is -0.478 e. The van der Waals surface area contributed by atoms with Crippen LogP contribution in [0.1, 0.15) is 37.3 Å². The molecule has 2 rings (SSSR count). The number of hydrogen-bond donors (Lipinski definition) is 1. The Balaban J connectivity index is 2.21. The Kier molecular flexibility index (Phi) is 4.99. The monoisotopic (exact) mass is 284 g/mol. The van der Waals surface area contributed by atoms with Gasteiger partial charge in [0.2, 0.25) is 0 Å². The Morgan fingerprint density at radius 3 is 2.81 bits per heavy atom. The molecule has 0 bridgehead atoms. The van der Waals surface area contributed by atoms with Gasteiger partial charge in [-0.15, -0.1) is 0 Å². The van der Waals surface area contributed by atoms with Gasteiger partial charge in [-0.3, -0.25) is 0 Å². The van der Waals surface area contributed by atoms with Crippen molar-refractivity contribution in [3.8, 4) is 6.07 Å².